The van der Waals surface area contributed by atoms with Crippen LogP contribution in [0, 0.1) is 0 Å². The summed E-state index contributed by atoms with van der Waals surface area (Å²) in [5.41, 5.74) is 2.88. The average Bonchev–Trinajstić information content (AvgIpc) is 2.29. The summed E-state index contributed by atoms with van der Waals surface area (Å²) in [4.78, 5) is 11.7. The molecule has 3 nitrogen and oxygen atoms in total. The Morgan fingerprint density at radius 1 is 1.33 bits per heavy atom. The van der Waals surface area contributed by atoms with Gasteiger partial charge >= 0.3 is 0 Å². The Morgan fingerprint density at radius 2 is 2.06 bits per heavy atom. The van der Waals surface area contributed by atoms with Gasteiger partial charge in [-0.15, -0.1) is 0 Å². The van der Waals surface area contributed by atoms with Crippen molar-refractivity contribution >= 4 is 5.91 Å². The third kappa shape index (κ3) is 2.91. The Morgan fingerprint density at radius 3 is 2.72 bits per heavy atom. The molecule has 0 bridgehead atoms. The van der Waals surface area contributed by atoms with Crippen molar-refractivity contribution in [1.29, 1.82) is 0 Å². The highest BCUT2D eigenvalue weighted by atomic mass is 16.2. The molecule has 2 unspecified atom stereocenters. The molecule has 1 aliphatic carbocycles. The van der Waals surface area contributed by atoms with Gasteiger partial charge in [0.2, 0.25) is 5.91 Å². The quantitative estimate of drug-likeness (QED) is 0.832. The van der Waals surface area contributed by atoms with Crippen LogP contribution in [0.5, 0.6) is 0 Å². The molecule has 2 N–H and O–H groups in total. The third-order valence-electron chi connectivity index (χ3n) is 3.46. The zero-order valence-corrected chi connectivity index (χ0v) is 11.4. The van der Waals surface area contributed by atoms with Gasteiger partial charge in [-0.1, -0.05) is 24.3 Å². The maximum Gasteiger partial charge on any atom is 0.237 e. The van der Waals surface area contributed by atoms with Crippen LogP contribution in [0.3, 0.4) is 0 Å². The molecular weight excluding hydrogens is 224 g/mol. The Bertz CT molecular complexity index is 428. The van der Waals surface area contributed by atoms with Crippen molar-refractivity contribution in [3.8, 4) is 0 Å². The predicted molar refractivity (Wildman–Crippen MR) is 73.6 cm³/mol. The smallest absolute Gasteiger partial charge is 0.237 e. The van der Waals surface area contributed by atoms with Gasteiger partial charge in [0.1, 0.15) is 0 Å². The number of rotatable bonds is 5. The number of hydrogen-bond donors (Lipinski definition) is 2. The van der Waals surface area contributed by atoms with Crippen molar-refractivity contribution in [2.45, 2.75) is 45.2 Å². The Labute approximate surface area is 109 Å². The van der Waals surface area contributed by atoms with E-state index in [0.29, 0.717) is 5.92 Å². The molecule has 0 aromatic heterocycles. The maximum absolute atomic E-state index is 11.7. The fraction of sp³-hybridized carbons (Fsp3) is 0.533. The topological polar surface area (TPSA) is 41.1 Å². The molecule has 0 spiro atoms. The number of nitrogens with one attached hydrogen (secondary N) is 2. The summed E-state index contributed by atoms with van der Waals surface area (Å²) < 4.78 is 0. The molecule has 18 heavy (non-hydrogen) atoms. The number of carbonyl (C=O) groups excluding carboxylic acids is 1. The summed E-state index contributed by atoms with van der Waals surface area (Å²) in [5.74, 6) is 0.646. The Balaban J connectivity index is 1.78. The number of carbonyl (C=O) groups is 1. The first-order chi connectivity index (χ1) is 8.58. The van der Waals surface area contributed by atoms with Crippen molar-refractivity contribution in [1.82, 2.24) is 10.6 Å². The summed E-state index contributed by atoms with van der Waals surface area (Å²) >= 11 is 0. The minimum absolute atomic E-state index is 0.0811. The second kappa shape index (κ2) is 5.53. The average molecular weight is 246 g/mol. The summed E-state index contributed by atoms with van der Waals surface area (Å²) in [6, 6.07) is 8.61. The van der Waals surface area contributed by atoms with Gasteiger partial charge < -0.3 is 10.6 Å². The fourth-order valence-electron chi connectivity index (χ4n) is 2.37. The Kier molecular flexibility index (Phi) is 4.02. The lowest BCUT2D eigenvalue weighted by atomic mass is 9.77. The highest BCUT2D eigenvalue weighted by Crippen LogP contribution is 2.33. The number of hydrogen-bond acceptors (Lipinski definition) is 2. The molecule has 2 rings (SSSR count). The molecule has 1 aromatic carbocycles. The molecule has 1 amide bonds. The molecule has 1 aromatic rings. The van der Waals surface area contributed by atoms with Crippen LogP contribution < -0.4 is 10.6 Å². The standard InChI is InChI=1S/C15H22N2O/c1-10(2)17-15(18)11(3)16-9-13-8-12-6-4-5-7-14(12)13/h4-7,10-11,13,16H,8-9H2,1-3H3,(H,17,18). The second-order valence-corrected chi connectivity index (χ2v) is 5.39. The monoisotopic (exact) mass is 246 g/mol. The van der Waals surface area contributed by atoms with Crippen LogP contribution in [0.2, 0.25) is 0 Å². The summed E-state index contributed by atoms with van der Waals surface area (Å²) in [7, 11) is 0. The van der Waals surface area contributed by atoms with E-state index in [0.717, 1.165) is 13.0 Å². The zero-order chi connectivity index (χ0) is 13.1. The minimum atomic E-state index is -0.125. The van der Waals surface area contributed by atoms with E-state index in [1.54, 1.807) is 0 Å². The molecule has 0 fully saturated rings. The van der Waals surface area contributed by atoms with E-state index in [2.05, 4.69) is 34.9 Å². The Hall–Kier alpha value is -1.35. The van der Waals surface area contributed by atoms with Gasteiger partial charge in [-0.05, 0) is 38.3 Å². The highest BCUT2D eigenvalue weighted by Gasteiger charge is 2.26. The summed E-state index contributed by atoms with van der Waals surface area (Å²) in [6.45, 7) is 6.76. The van der Waals surface area contributed by atoms with Gasteiger partial charge in [0.25, 0.3) is 0 Å². The van der Waals surface area contributed by atoms with E-state index in [4.69, 9.17) is 0 Å². The van der Waals surface area contributed by atoms with E-state index in [1.807, 2.05) is 20.8 Å². The van der Waals surface area contributed by atoms with Crippen molar-refractivity contribution in [2.24, 2.45) is 0 Å². The van der Waals surface area contributed by atoms with Gasteiger partial charge in [-0.25, -0.2) is 0 Å². The van der Waals surface area contributed by atoms with Crippen LogP contribution in [0.1, 0.15) is 37.8 Å². The first-order valence-corrected chi connectivity index (χ1v) is 6.69. The first-order valence-electron chi connectivity index (χ1n) is 6.69. The third-order valence-corrected chi connectivity index (χ3v) is 3.46. The van der Waals surface area contributed by atoms with Gasteiger partial charge in [0, 0.05) is 18.5 Å². The fourth-order valence-corrected chi connectivity index (χ4v) is 2.37. The van der Waals surface area contributed by atoms with Crippen LogP contribution in [0.15, 0.2) is 24.3 Å². The molecule has 98 valence electrons. The molecule has 0 saturated heterocycles. The lowest BCUT2D eigenvalue weighted by Gasteiger charge is -2.31. The SMILES string of the molecule is CC(C)NC(=O)C(C)NCC1Cc2ccccc21. The molecule has 2 atom stereocenters. The maximum atomic E-state index is 11.7. The van der Waals surface area contributed by atoms with E-state index >= 15 is 0 Å². The van der Waals surface area contributed by atoms with Gasteiger partial charge in [0.05, 0.1) is 6.04 Å². The molecule has 1 aliphatic rings. The minimum Gasteiger partial charge on any atom is -0.353 e. The largest absolute Gasteiger partial charge is 0.353 e. The van der Waals surface area contributed by atoms with E-state index in [9.17, 15) is 4.79 Å². The second-order valence-electron chi connectivity index (χ2n) is 5.39. The van der Waals surface area contributed by atoms with Gasteiger partial charge in [0.15, 0.2) is 0 Å². The number of fused-ring (bicyclic) bond motifs is 1. The van der Waals surface area contributed by atoms with Crippen molar-refractivity contribution in [3.05, 3.63) is 35.4 Å². The number of amides is 1. The molecule has 0 radical (unpaired) electrons. The normalized spacial score (nSPS) is 19.0. The van der Waals surface area contributed by atoms with Crippen molar-refractivity contribution in [3.63, 3.8) is 0 Å². The summed E-state index contributed by atoms with van der Waals surface area (Å²) in [5, 5.41) is 6.24. The zero-order valence-electron chi connectivity index (χ0n) is 11.4. The van der Waals surface area contributed by atoms with E-state index in [-0.39, 0.29) is 18.0 Å². The molecule has 0 heterocycles. The summed E-state index contributed by atoms with van der Waals surface area (Å²) in [6.07, 6.45) is 1.13. The van der Waals surface area contributed by atoms with Crippen LogP contribution in [-0.4, -0.2) is 24.5 Å². The van der Waals surface area contributed by atoms with Crippen LogP contribution in [0.25, 0.3) is 0 Å². The first kappa shape index (κ1) is 13.1. The van der Waals surface area contributed by atoms with E-state index < -0.39 is 0 Å². The van der Waals surface area contributed by atoms with Crippen LogP contribution in [-0.2, 0) is 11.2 Å². The number of benzene rings is 1. The lowest BCUT2D eigenvalue weighted by Crippen LogP contribution is -2.46. The van der Waals surface area contributed by atoms with Gasteiger partial charge in [-0.3, -0.25) is 4.79 Å². The molecule has 0 aliphatic heterocycles. The predicted octanol–water partition coefficient (Wildman–Crippen LogP) is 1.83. The van der Waals surface area contributed by atoms with Crippen LogP contribution >= 0.6 is 0 Å². The van der Waals surface area contributed by atoms with Crippen LogP contribution in [0.4, 0.5) is 0 Å². The molecule has 0 saturated carbocycles. The van der Waals surface area contributed by atoms with Crippen molar-refractivity contribution in [2.75, 3.05) is 6.54 Å². The van der Waals surface area contributed by atoms with E-state index in [1.165, 1.54) is 11.1 Å². The molecule has 3 heteroatoms. The van der Waals surface area contributed by atoms with Gasteiger partial charge in [-0.2, -0.15) is 0 Å². The lowest BCUT2D eigenvalue weighted by molar-refractivity contribution is -0.123. The highest BCUT2D eigenvalue weighted by molar-refractivity contribution is 5.81. The molecular formula is C15H22N2O. The van der Waals surface area contributed by atoms with Crippen molar-refractivity contribution < 1.29 is 4.79 Å².